The van der Waals surface area contributed by atoms with Crippen molar-refractivity contribution >= 4 is 11.7 Å². The molecule has 210 valence electrons. The Morgan fingerprint density at radius 1 is 1.16 bits per heavy atom. The smallest absolute Gasteiger partial charge is 0.416 e. The number of nitrogens with one attached hydrogen (secondary N) is 1. The third kappa shape index (κ3) is 7.20. The fourth-order valence-electron chi connectivity index (χ4n) is 6.32. The molecule has 0 aromatic heterocycles. The highest BCUT2D eigenvalue weighted by Crippen LogP contribution is 2.46. The maximum atomic E-state index is 13.5. The second-order valence-electron chi connectivity index (χ2n) is 11.2. The molecule has 2 aliphatic heterocycles. The number of carbonyl (C=O) groups is 1. The molecule has 0 radical (unpaired) electrons. The van der Waals surface area contributed by atoms with Gasteiger partial charge in [-0.3, -0.25) is 9.69 Å². The van der Waals surface area contributed by atoms with Gasteiger partial charge in [-0.05, 0) is 67.7 Å². The molecule has 0 spiro atoms. The predicted octanol–water partition coefficient (Wildman–Crippen LogP) is 5.95. The van der Waals surface area contributed by atoms with Crippen LogP contribution >= 0.6 is 0 Å². The Labute approximate surface area is 225 Å². The molecular formula is C30H42F3N3O2. The van der Waals surface area contributed by atoms with Crippen molar-refractivity contribution in [2.45, 2.75) is 58.2 Å². The standard InChI is InChI=1S/C30H42F3N3O2/c1-4-38-28(37)20-36-16-14-35(15-17-36)19-21(2)10-12-25-22(3)26-18-24(30(31,32)33)11-13-27(26)34-29(25)23-8-6-5-7-9-23/h5-8,11,13,18,21-23,25,29,34H,4,9-10,12,14-17,19-20H2,1-3H3/t21-,22+,23?,25-,29+/m1/s1. The number of anilines is 1. The Hall–Kier alpha value is -2.32. The largest absolute Gasteiger partial charge is 0.465 e. The van der Waals surface area contributed by atoms with Gasteiger partial charge in [0.1, 0.15) is 0 Å². The van der Waals surface area contributed by atoms with Crippen LogP contribution in [0.2, 0.25) is 0 Å². The van der Waals surface area contributed by atoms with Crippen molar-refractivity contribution in [3.05, 3.63) is 53.6 Å². The molecule has 5 nitrogen and oxygen atoms in total. The van der Waals surface area contributed by atoms with Crippen LogP contribution in [0.25, 0.3) is 0 Å². The van der Waals surface area contributed by atoms with E-state index in [-0.39, 0.29) is 23.8 Å². The number of piperazine rings is 1. The van der Waals surface area contributed by atoms with Crippen molar-refractivity contribution in [1.82, 2.24) is 9.80 Å². The minimum Gasteiger partial charge on any atom is -0.465 e. The van der Waals surface area contributed by atoms with Crippen LogP contribution in [0.4, 0.5) is 18.9 Å². The molecule has 1 saturated heterocycles. The summed E-state index contributed by atoms with van der Waals surface area (Å²) < 4.78 is 45.5. The van der Waals surface area contributed by atoms with Gasteiger partial charge in [-0.25, -0.2) is 0 Å². The average Bonchev–Trinajstić information content (AvgIpc) is 2.89. The Balaban J connectivity index is 1.37. The van der Waals surface area contributed by atoms with E-state index < -0.39 is 11.7 Å². The van der Waals surface area contributed by atoms with E-state index in [0.29, 0.717) is 25.0 Å². The summed E-state index contributed by atoms with van der Waals surface area (Å²) in [6.07, 6.45) is 7.17. The molecule has 1 aliphatic carbocycles. The van der Waals surface area contributed by atoms with Gasteiger partial charge in [-0.15, -0.1) is 0 Å². The van der Waals surface area contributed by atoms with Crippen LogP contribution in [-0.4, -0.2) is 67.7 Å². The van der Waals surface area contributed by atoms with Crippen LogP contribution in [-0.2, 0) is 15.7 Å². The molecule has 38 heavy (non-hydrogen) atoms. The monoisotopic (exact) mass is 533 g/mol. The third-order valence-corrected chi connectivity index (χ3v) is 8.46. The third-order valence-electron chi connectivity index (χ3n) is 8.46. The van der Waals surface area contributed by atoms with E-state index in [4.69, 9.17) is 4.74 Å². The number of nitrogens with zero attached hydrogens (tertiary/aromatic N) is 2. The lowest BCUT2D eigenvalue weighted by molar-refractivity contribution is -0.145. The zero-order chi connectivity index (χ0) is 27.3. The Kier molecular flexibility index (Phi) is 9.58. The quantitative estimate of drug-likeness (QED) is 0.398. The number of hydrogen-bond acceptors (Lipinski definition) is 5. The van der Waals surface area contributed by atoms with Crippen molar-refractivity contribution < 1.29 is 22.7 Å². The molecule has 0 saturated carbocycles. The first-order valence-corrected chi connectivity index (χ1v) is 14.1. The van der Waals surface area contributed by atoms with E-state index in [1.807, 2.05) is 6.92 Å². The van der Waals surface area contributed by atoms with Crippen molar-refractivity contribution in [1.29, 1.82) is 0 Å². The number of hydrogen-bond donors (Lipinski definition) is 1. The van der Waals surface area contributed by atoms with E-state index in [2.05, 4.69) is 53.3 Å². The SMILES string of the molecule is CCOC(=O)CN1CCN(C[C@H](C)CC[C@@H]2[C@H](C)c3cc(C(F)(F)F)ccc3N[C@H]2C2C=CC=CC2)CC1. The Bertz CT molecular complexity index is 1000. The van der Waals surface area contributed by atoms with Gasteiger partial charge in [0.15, 0.2) is 0 Å². The number of carbonyl (C=O) groups excluding carboxylic acids is 1. The molecule has 2 heterocycles. The molecule has 1 unspecified atom stereocenters. The van der Waals surface area contributed by atoms with Crippen molar-refractivity contribution in [2.24, 2.45) is 17.8 Å². The Morgan fingerprint density at radius 3 is 2.55 bits per heavy atom. The van der Waals surface area contributed by atoms with Crippen LogP contribution in [0, 0.1) is 17.8 Å². The van der Waals surface area contributed by atoms with Crippen LogP contribution in [0.15, 0.2) is 42.5 Å². The maximum Gasteiger partial charge on any atom is 0.416 e. The van der Waals surface area contributed by atoms with Gasteiger partial charge >= 0.3 is 12.1 Å². The fraction of sp³-hybridized carbons (Fsp3) is 0.633. The number of benzene rings is 1. The zero-order valence-corrected chi connectivity index (χ0v) is 22.8. The van der Waals surface area contributed by atoms with Gasteiger partial charge in [0.25, 0.3) is 0 Å². The van der Waals surface area contributed by atoms with Gasteiger partial charge in [-0.1, -0.05) is 38.2 Å². The number of halogens is 3. The maximum absolute atomic E-state index is 13.5. The lowest BCUT2D eigenvalue weighted by atomic mass is 9.70. The van der Waals surface area contributed by atoms with Gasteiger partial charge in [0, 0.05) is 50.4 Å². The second-order valence-corrected chi connectivity index (χ2v) is 11.2. The van der Waals surface area contributed by atoms with E-state index >= 15 is 0 Å². The summed E-state index contributed by atoms with van der Waals surface area (Å²) in [5, 5.41) is 3.65. The number of rotatable bonds is 9. The van der Waals surface area contributed by atoms with E-state index in [9.17, 15) is 18.0 Å². The van der Waals surface area contributed by atoms with Gasteiger partial charge < -0.3 is 15.0 Å². The van der Waals surface area contributed by atoms with E-state index in [0.717, 1.165) is 63.2 Å². The van der Waals surface area contributed by atoms with Gasteiger partial charge in [0.2, 0.25) is 0 Å². The van der Waals surface area contributed by atoms with Crippen LogP contribution < -0.4 is 5.32 Å². The predicted molar refractivity (Wildman–Crippen MR) is 145 cm³/mol. The molecular weight excluding hydrogens is 491 g/mol. The van der Waals surface area contributed by atoms with E-state index in [1.165, 1.54) is 12.1 Å². The average molecular weight is 534 g/mol. The normalized spacial score (nSPS) is 27.0. The fourth-order valence-corrected chi connectivity index (χ4v) is 6.32. The molecule has 1 aromatic rings. The topological polar surface area (TPSA) is 44.8 Å². The molecule has 3 aliphatic rings. The molecule has 4 rings (SSSR count). The number of alkyl halides is 3. The summed E-state index contributed by atoms with van der Waals surface area (Å²) in [6, 6.07) is 4.35. The lowest BCUT2D eigenvalue weighted by Gasteiger charge is -2.43. The molecule has 8 heteroatoms. The lowest BCUT2D eigenvalue weighted by Crippen LogP contribution is -2.49. The zero-order valence-electron chi connectivity index (χ0n) is 22.8. The first-order valence-electron chi connectivity index (χ1n) is 14.1. The molecule has 1 N–H and O–H groups in total. The first-order chi connectivity index (χ1) is 18.2. The van der Waals surface area contributed by atoms with E-state index in [1.54, 1.807) is 6.07 Å². The highest BCUT2D eigenvalue weighted by Gasteiger charge is 2.39. The van der Waals surface area contributed by atoms with Gasteiger partial charge in [0.05, 0.1) is 18.7 Å². The highest BCUT2D eigenvalue weighted by molar-refractivity contribution is 5.71. The molecule has 0 amide bonds. The summed E-state index contributed by atoms with van der Waals surface area (Å²) >= 11 is 0. The molecule has 0 bridgehead atoms. The molecule has 1 aromatic carbocycles. The minimum absolute atomic E-state index is 0.0384. The summed E-state index contributed by atoms with van der Waals surface area (Å²) in [7, 11) is 0. The number of allylic oxidation sites excluding steroid dienone is 3. The summed E-state index contributed by atoms with van der Waals surface area (Å²) in [6.45, 7) is 11.5. The summed E-state index contributed by atoms with van der Waals surface area (Å²) in [4.78, 5) is 16.4. The second kappa shape index (κ2) is 12.7. The first kappa shape index (κ1) is 28.7. The van der Waals surface area contributed by atoms with Gasteiger partial charge in [-0.2, -0.15) is 13.2 Å². The molecule has 1 fully saturated rings. The number of fused-ring (bicyclic) bond motifs is 1. The number of esters is 1. The van der Waals surface area contributed by atoms with Crippen molar-refractivity contribution in [3.8, 4) is 0 Å². The summed E-state index contributed by atoms with van der Waals surface area (Å²) in [5.74, 6) is 0.925. The van der Waals surface area contributed by atoms with Crippen molar-refractivity contribution in [2.75, 3.05) is 51.2 Å². The number of ether oxygens (including phenoxy) is 1. The van der Waals surface area contributed by atoms with Crippen molar-refractivity contribution in [3.63, 3.8) is 0 Å². The van der Waals surface area contributed by atoms with Crippen LogP contribution in [0.5, 0.6) is 0 Å². The minimum atomic E-state index is -4.34. The summed E-state index contributed by atoms with van der Waals surface area (Å²) in [5.41, 5.74) is 1.04. The van der Waals surface area contributed by atoms with Crippen LogP contribution in [0.3, 0.4) is 0 Å². The Morgan fingerprint density at radius 2 is 1.89 bits per heavy atom. The molecule has 5 atom stereocenters. The van der Waals surface area contributed by atoms with Crippen LogP contribution in [0.1, 0.15) is 57.1 Å². The highest BCUT2D eigenvalue weighted by atomic mass is 19.4.